The third-order valence-electron chi connectivity index (χ3n) is 3.19. The predicted molar refractivity (Wildman–Crippen MR) is 72.8 cm³/mol. The second-order valence-electron chi connectivity index (χ2n) is 5.92. The number of hydrogen-bond acceptors (Lipinski definition) is 3. The minimum atomic E-state index is -0.520. The zero-order valence-electron chi connectivity index (χ0n) is 11.7. The first-order chi connectivity index (χ1) is 8.90. The number of rotatable bonds is 1. The first-order valence-electron chi connectivity index (χ1n) is 6.58. The van der Waals surface area contributed by atoms with E-state index in [-0.39, 0.29) is 18.7 Å². The van der Waals surface area contributed by atoms with Crippen LogP contribution in [0.5, 0.6) is 0 Å². The van der Waals surface area contributed by atoms with Gasteiger partial charge in [-0.3, -0.25) is 4.90 Å². The van der Waals surface area contributed by atoms with Gasteiger partial charge in [0.2, 0.25) is 0 Å². The molecule has 104 valence electrons. The van der Waals surface area contributed by atoms with Crippen molar-refractivity contribution >= 4 is 6.09 Å². The number of ether oxygens (including phenoxy) is 1. The van der Waals surface area contributed by atoms with Crippen molar-refractivity contribution in [3.05, 3.63) is 35.4 Å². The summed E-state index contributed by atoms with van der Waals surface area (Å²) in [6.45, 7) is 5.98. The Balaban J connectivity index is 2.19. The van der Waals surface area contributed by atoms with Crippen molar-refractivity contribution in [1.82, 2.24) is 4.90 Å². The average molecular weight is 263 g/mol. The molecule has 1 aliphatic heterocycles. The Hall–Kier alpha value is -1.55. The number of carbonyl (C=O) groups is 1. The summed E-state index contributed by atoms with van der Waals surface area (Å²) >= 11 is 0. The minimum absolute atomic E-state index is 0.0480. The molecule has 0 aliphatic carbocycles. The van der Waals surface area contributed by atoms with Gasteiger partial charge in [0.05, 0.1) is 12.6 Å². The number of amides is 1. The van der Waals surface area contributed by atoms with Crippen molar-refractivity contribution in [2.24, 2.45) is 0 Å². The normalized spacial score (nSPS) is 18.9. The van der Waals surface area contributed by atoms with Crippen molar-refractivity contribution in [2.75, 3.05) is 6.61 Å². The zero-order valence-corrected chi connectivity index (χ0v) is 11.7. The van der Waals surface area contributed by atoms with Crippen LogP contribution in [0.15, 0.2) is 24.3 Å². The maximum atomic E-state index is 12.2. The Morgan fingerprint density at radius 2 is 2.00 bits per heavy atom. The maximum Gasteiger partial charge on any atom is 0.410 e. The molecule has 4 nitrogen and oxygen atoms in total. The highest BCUT2D eigenvalue weighted by molar-refractivity contribution is 5.69. The van der Waals surface area contributed by atoms with Crippen molar-refractivity contribution < 1.29 is 14.6 Å². The molecule has 1 amide bonds. The Morgan fingerprint density at radius 1 is 1.37 bits per heavy atom. The van der Waals surface area contributed by atoms with E-state index in [9.17, 15) is 9.90 Å². The number of aliphatic hydroxyl groups is 1. The molecule has 0 saturated carbocycles. The highest BCUT2D eigenvalue weighted by Gasteiger charge is 2.32. The molecule has 0 saturated heterocycles. The second-order valence-corrected chi connectivity index (χ2v) is 5.92. The average Bonchev–Trinajstić information content (AvgIpc) is 2.35. The molecular weight excluding hydrogens is 242 g/mol. The summed E-state index contributed by atoms with van der Waals surface area (Å²) in [5.74, 6) is 0. The predicted octanol–water partition coefficient (Wildman–Crippen LogP) is 2.34. The van der Waals surface area contributed by atoms with E-state index in [4.69, 9.17) is 4.74 Å². The van der Waals surface area contributed by atoms with Crippen LogP contribution in [0.2, 0.25) is 0 Å². The summed E-state index contributed by atoms with van der Waals surface area (Å²) in [5.41, 5.74) is 1.80. The van der Waals surface area contributed by atoms with Crippen LogP contribution in [0, 0.1) is 0 Å². The summed E-state index contributed by atoms with van der Waals surface area (Å²) in [7, 11) is 0. The third kappa shape index (κ3) is 3.26. The molecule has 1 aliphatic rings. The Kier molecular flexibility index (Phi) is 3.80. The molecule has 4 heteroatoms. The van der Waals surface area contributed by atoms with Crippen LogP contribution in [0.1, 0.15) is 31.9 Å². The van der Waals surface area contributed by atoms with Gasteiger partial charge in [0.15, 0.2) is 0 Å². The van der Waals surface area contributed by atoms with Gasteiger partial charge in [-0.25, -0.2) is 4.79 Å². The summed E-state index contributed by atoms with van der Waals surface area (Å²) in [5, 5.41) is 9.48. The van der Waals surface area contributed by atoms with Crippen LogP contribution in [-0.2, 0) is 17.7 Å². The lowest BCUT2D eigenvalue weighted by atomic mass is 9.95. The fourth-order valence-corrected chi connectivity index (χ4v) is 2.28. The van der Waals surface area contributed by atoms with Crippen LogP contribution >= 0.6 is 0 Å². The summed E-state index contributed by atoms with van der Waals surface area (Å²) in [6, 6.07) is 7.80. The fourth-order valence-electron chi connectivity index (χ4n) is 2.28. The van der Waals surface area contributed by atoms with E-state index in [1.54, 1.807) is 4.90 Å². The van der Waals surface area contributed by atoms with Crippen molar-refractivity contribution in [1.29, 1.82) is 0 Å². The largest absolute Gasteiger partial charge is 0.444 e. The topological polar surface area (TPSA) is 49.8 Å². The van der Waals surface area contributed by atoms with E-state index in [0.717, 1.165) is 5.56 Å². The van der Waals surface area contributed by atoms with Gasteiger partial charge in [0.1, 0.15) is 5.60 Å². The number of fused-ring (bicyclic) bond motifs is 1. The van der Waals surface area contributed by atoms with E-state index >= 15 is 0 Å². The highest BCUT2D eigenvalue weighted by atomic mass is 16.6. The highest BCUT2D eigenvalue weighted by Crippen LogP contribution is 2.24. The molecule has 2 rings (SSSR count). The Morgan fingerprint density at radius 3 is 2.58 bits per heavy atom. The van der Waals surface area contributed by atoms with Crippen LogP contribution < -0.4 is 0 Å². The smallest absolute Gasteiger partial charge is 0.410 e. The van der Waals surface area contributed by atoms with E-state index in [0.29, 0.717) is 13.0 Å². The van der Waals surface area contributed by atoms with Gasteiger partial charge in [0, 0.05) is 6.54 Å². The second kappa shape index (κ2) is 5.21. The lowest BCUT2D eigenvalue weighted by Gasteiger charge is -2.36. The molecule has 1 aromatic rings. The zero-order chi connectivity index (χ0) is 14.0. The molecule has 0 bridgehead atoms. The van der Waals surface area contributed by atoms with Crippen LogP contribution in [-0.4, -0.2) is 34.3 Å². The SMILES string of the molecule is CC(C)(C)OC(=O)N1Cc2ccccc2C[C@H]1CO. The summed E-state index contributed by atoms with van der Waals surface area (Å²) in [6.07, 6.45) is 0.312. The van der Waals surface area contributed by atoms with E-state index < -0.39 is 5.60 Å². The van der Waals surface area contributed by atoms with Crippen LogP contribution in [0.3, 0.4) is 0 Å². The molecule has 1 N–H and O–H groups in total. The van der Waals surface area contributed by atoms with Gasteiger partial charge in [-0.1, -0.05) is 24.3 Å². The van der Waals surface area contributed by atoms with Gasteiger partial charge in [-0.15, -0.1) is 0 Å². The number of nitrogens with zero attached hydrogens (tertiary/aromatic N) is 1. The Bertz CT molecular complexity index is 465. The molecule has 1 heterocycles. The molecule has 0 spiro atoms. The minimum Gasteiger partial charge on any atom is -0.444 e. The van der Waals surface area contributed by atoms with Gasteiger partial charge in [-0.05, 0) is 38.3 Å². The molecule has 1 aromatic carbocycles. The summed E-state index contributed by atoms with van der Waals surface area (Å²) < 4.78 is 5.40. The van der Waals surface area contributed by atoms with Gasteiger partial charge < -0.3 is 9.84 Å². The maximum absolute atomic E-state index is 12.2. The summed E-state index contributed by atoms with van der Waals surface area (Å²) in [4.78, 5) is 13.8. The van der Waals surface area contributed by atoms with Gasteiger partial charge in [-0.2, -0.15) is 0 Å². The lowest BCUT2D eigenvalue weighted by Crippen LogP contribution is -2.48. The van der Waals surface area contributed by atoms with E-state index in [2.05, 4.69) is 0 Å². The first-order valence-corrected chi connectivity index (χ1v) is 6.58. The van der Waals surface area contributed by atoms with Gasteiger partial charge >= 0.3 is 6.09 Å². The monoisotopic (exact) mass is 263 g/mol. The molecule has 0 unspecified atom stereocenters. The molecule has 0 fully saturated rings. The first kappa shape index (κ1) is 13.9. The van der Waals surface area contributed by atoms with E-state index in [1.165, 1.54) is 5.56 Å². The molecule has 0 radical (unpaired) electrons. The van der Waals surface area contributed by atoms with Crippen molar-refractivity contribution in [3.8, 4) is 0 Å². The third-order valence-corrected chi connectivity index (χ3v) is 3.19. The lowest BCUT2D eigenvalue weighted by molar-refractivity contribution is 0.00462. The number of carbonyl (C=O) groups excluding carboxylic acids is 1. The molecular formula is C15H21NO3. The number of hydrogen-bond donors (Lipinski definition) is 1. The Labute approximate surface area is 114 Å². The van der Waals surface area contributed by atoms with Crippen molar-refractivity contribution in [2.45, 2.75) is 45.4 Å². The molecule has 0 aromatic heterocycles. The quantitative estimate of drug-likeness (QED) is 0.846. The molecule has 1 atom stereocenters. The standard InChI is InChI=1S/C15H21NO3/c1-15(2,3)19-14(18)16-9-12-7-5-4-6-11(12)8-13(16)10-17/h4-7,13,17H,8-10H2,1-3H3/t13-/m0/s1. The van der Waals surface area contributed by atoms with Crippen molar-refractivity contribution in [3.63, 3.8) is 0 Å². The van der Waals surface area contributed by atoms with E-state index in [1.807, 2.05) is 45.0 Å². The van der Waals surface area contributed by atoms with Crippen LogP contribution in [0.4, 0.5) is 4.79 Å². The van der Waals surface area contributed by atoms with Gasteiger partial charge in [0.25, 0.3) is 0 Å². The number of aliphatic hydroxyl groups excluding tert-OH is 1. The fraction of sp³-hybridized carbons (Fsp3) is 0.533. The number of benzene rings is 1. The molecule has 19 heavy (non-hydrogen) atoms. The van der Waals surface area contributed by atoms with Crippen LogP contribution in [0.25, 0.3) is 0 Å².